The molecule has 0 aromatic heterocycles. The van der Waals surface area contributed by atoms with Gasteiger partial charge in [0.25, 0.3) is 0 Å². The van der Waals surface area contributed by atoms with Crippen molar-refractivity contribution in [1.29, 1.82) is 0 Å². The number of hydrogen-bond donors (Lipinski definition) is 1. The number of nitrogens with two attached hydrogens (primary N) is 1. The Bertz CT molecular complexity index is 321. The topological polar surface area (TPSA) is 26.0 Å². The molecule has 1 unspecified atom stereocenters. The standard InChI is InChI=1S/C16H25N/c1-16(17,13-14-9-5-4-6-10-14)15-11-7-2-3-8-12-15/h4-6,9-10,15H,2-3,7-8,11-13,17H2,1H3. The zero-order valence-electron chi connectivity index (χ0n) is 11.0. The van der Waals surface area contributed by atoms with Crippen LogP contribution in [0.1, 0.15) is 51.0 Å². The van der Waals surface area contributed by atoms with Crippen LogP contribution < -0.4 is 5.73 Å². The summed E-state index contributed by atoms with van der Waals surface area (Å²) in [6, 6.07) is 10.7. The van der Waals surface area contributed by atoms with Crippen molar-refractivity contribution in [2.75, 3.05) is 0 Å². The Balaban J connectivity index is 2.01. The molecule has 1 aliphatic rings. The van der Waals surface area contributed by atoms with Crippen LogP contribution >= 0.6 is 0 Å². The van der Waals surface area contributed by atoms with E-state index in [0.29, 0.717) is 5.92 Å². The summed E-state index contributed by atoms with van der Waals surface area (Å²) in [6.45, 7) is 2.25. The minimum absolute atomic E-state index is 0.0360. The van der Waals surface area contributed by atoms with E-state index in [2.05, 4.69) is 37.3 Å². The maximum atomic E-state index is 6.59. The molecule has 1 aromatic rings. The summed E-state index contributed by atoms with van der Waals surface area (Å²) >= 11 is 0. The zero-order valence-corrected chi connectivity index (χ0v) is 11.0. The van der Waals surface area contributed by atoms with Crippen molar-refractivity contribution in [2.24, 2.45) is 11.7 Å². The summed E-state index contributed by atoms with van der Waals surface area (Å²) in [4.78, 5) is 0. The van der Waals surface area contributed by atoms with Crippen molar-refractivity contribution >= 4 is 0 Å². The van der Waals surface area contributed by atoms with Gasteiger partial charge in [-0.05, 0) is 37.7 Å². The van der Waals surface area contributed by atoms with Crippen LogP contribution in [0, 0.1) is 5.92 Å². The molecule has 1 aliphatic carbocycles. The monoisotopic (exact) mass is 231 g/mol. The van der Waals surface area contributed by atoms with Crippen molar-refractivity contribution < 1.29 is 0 Å². The molecule has 17 heavy (non-hydrogen) atoms. The largest absolute Gasteiger partial charge is 0.325 e. The lowest BCUT2D eigenvalue weighted by Gasteiger charge is -2.34. The van der Waals surface area contributed by atoms with Gasteiger partial charge in [0.2, 0.25) is 0 Å². The summed E-state index contributed by atoms with van der Waals surface area (Å²) in [5, 5.41) is 0. The molecule has 0 amide bonds. The fraction of sp³-hybridized carbons (Fsp3) is 0.625. The van der Waals surface area contributed by atoms with Crippen LogP contribution in [0.3, 0.4) is 0 Å². The minimum atomic E-state index is -0.0360. The van der Waals surface area contributed by atoms with Crippen molar-refractivity contribution in [3.05, 3.63) is 35.9 Å². The lowest BCUT2D eigenvalue weighted by molar-refractivity contribution is 0.263. The van der Waals surface area contributed by atoms with Gasteiger partial charge in [-0.2, -0.15) is 0 Å². The lowest BCUT2D eigenvalue weighted by Crippen LogP contribution is -2.46. The lowest BCUT2D eigenvalue weighted by atomic mass is 9.77. The van der Waals surface area contributed by atoms with Crippen LogP contribution in [0.15, 0.2) is 30.3 Å². The fourth-order valence-corrected chi connectivity index (χ4v) is 3.12. The van der Waals surface area contributed by atoms with Crippen LogP contribution in [-0.4, -0.2) is 5.54 Å². The first-order valence-corrected chi connectivity index (χ1v) is 7.01. The minimum Gasteiger partial charge on any atom is -0.325 e. The van der Waals surface area contributed by atoms with Gasteiger partial charge >= 0.3 is 0 Å². The van der Waals surface area contributed by atoms with Gasteiger partial charge in [0.05, 0.1) is 0 Å². The summed E-state index contributed by atoms with van der Waals surface area (Å²) < 4.78 is 0. The highest BCUT2D eigenvalue weighted by Crippen LogP contribution is 2.32. The van der Waals surface area contributed by atoms with E-state index in [9.17, 15) is 0 Å². The summed E-state index contributed by atoms with van der Waals surface area (Å²) in [6.07, 6.45) is 9.19. The average Bonchev–Trinajstić information content (AvgIpc) is 2.58. The Morgan fingerprint density at radius 1 is 1.06 bits per heavy atom. The smallest absolute Gasteiger partial charge is 0.0195 e. The molecule has 0 saturated heterocycles. The van der Waals surface area contributed by atoms with E-state index in [-0.39, 0.29) is 5.54 Å². The van der Waals surface area contributed by atoms with Gasteiger partial charge in [-0.25, -0.2) is 0 Å². The SMILES string of the molecule is CC(N)(Cc1ccccc1)C1CCCCCC1. The van der Waals surface area contributed by atoms with Gasteiger partial charge in [-0.3, -0.25) is 0 Å². The van der Waals surface area contributed by atoms with E-state index in [1.54, 1.807) is 0 Å². The molecular formula is C16H25N. The predicted molar refractivity (Wildman–Crippen MR) is 73.9 cm³/mol. The van der Waals surface area contributed by atoms with Crippen LogP contribution in [0.5, 0.6) is 0 Å². The summed E-state index contributed by atoms with van der Waals surface area (Å²) in [5.74, 6) is 0.699. The first-order valence-electron chi connectivity index (χ1n) is 7.01. The van der Waals surface area contributed by atoms with E-state index in [1.165, 1.54) is 44.1 Å². The van der Waals surface area contributed by atoms with Gasteiger partial charge in [0.15, 0.2) is 0 Å². The van der Waals surface area contributed by atoms with E-state index in [4.69, 9.17) is 5.73 Å². The molecule has 1 atom stereocenters. The van der Waals surface area contributed by atoms with Crippen molar-refractivity contribution in [1.82, 2.24) is 0 Å². The number of hydrogen-bond acceptors (Lipinski definition) is 1. The second-order valence-corrected chi connectivity index (χ2v) is 5.86. The van der Waals surface area contributed by atoms with Gasteiger partial charge in [-0.1, -0.05) is 56.0 Å². The van der Waals surface area contributed by atoms with E-state index in [1.807, 2.05) is 0 Å². The molecule has 1 nitrogen and oxygen atoms in total. The highest BCUT2D eigenvalue weighted by atomic mass is 14.7. The summed E-state index contributed by atoms with van der Waals surface area (Å²) in [5.41, 5.74) is 7.93. The molecule has 0 radical (unpaired) electrons. The fourth-order valence-electron chi connectivity index (χ4n) is 3.12. The molecule has 0 spiro atoms. The maximum Gasteiger partial charge on any atom is 0.0195 e. The van der Waals surface area contributed by atoms with Crippen molar-refractivity contribution in [2.45, 2.75) is 57.4 Å². The highest BCUT2D eigenvalue weighted by Gasteiger charge is 2.30. The molecule has 1 saturated carbocycles. The predicted octanol–water partition coefficient (Wildman–Crippen LogP) is 3.92. The van der Waals surface area contributed by atoms with E-state index < -0.39 is 0 Å². The van der Waals surface area contributed by atoms with E-state index in [0.717, 1.165) is 6.42 Å². The zero-order chi connectivity index (χ0) is 12.1. The van der Waals surface area contributed by atoms with Crippen LogP contribution in [0.2, 0.25) is 0 Å². The maximum absolute atomic E-state index is 6.59. The number of benzene rings is 1. The van der Waals surface area contributed by atoms with Crippen LogP contribution in [0.4, 0.5) is 0 Å². The van der Waals surface area contributed by atoms with Crippen molar-refractivity contribution in [3.63, 3.8) is 0 Å². The molecule has 0 heterocycles. The van der Waals surface area contributed by atoms with Gasteiger partial charge in [0.1, 0.15) is 0 Å². The Kier molecular flexibility index (Phi) is 4.22. The molecule has 1 heteroatoms. The molecule has 0 aliphatic heterocycles. The normalized spacial score (nSPS) is 21.8. The highest BCUT2D eigenvalue weighted by molar-refractivity contribution is 5.17. The second kappa shape index (κ2) is 5.68. The summed E-state index contributed by atoms with van der Waals surface area (Å²) in [7, 11) is 0. The van der Waals surface area contributed by atoms with Gasteiger partial charge < -0.3 is 5.73 Å². The van der Waals surface area contributed by atoms with Crippen LogP contribution in [0.25, 0.3) is 0 Å². The third kappa shape index (κ3) is 3.57. The molecule has 2 rings (SSSR count). The second-order valence-electron chi connectivity index (χ2n) is 5.86. The molecule has 2 N–H and O–H groups in total. The van der Waals surface area contributed by atoms with Gasteiger partial charge in [-0.15, -0.1) is 0 Å². The Hall–Kier alpha value is -0.820. The third-order valence-corrected chi connectivity index (χ3v) is 4.22. The first-order chi connectivity index (χ1) is 8.18. The van der Waals surface area contributed by atoms with E-state index >= 15 is 0 Å². The first kappa shape index (κ1) is 12.6. The molecule has 1 aromatic carbocycles. The molecule has 1 fully saturated rings. The number of rotatable bonds is 3. The molecular weight excluding hydrogens is 206 g/mol. The van der Waals surface area contributed by atoms with Gasteiger partial charge in [0, 0.05) is 5.54 Å². The Morgan fingerprint density at radius 3 is 2.24 bits per heavy atom. The molecule has 0 bridgehead atoms. The third-order valence-electron chi connectivity index (χ3n) is 4.22. The van der Waals surface area contributed by atoms with Crippen LogP contribution in [-0.2, 0) is 6.42 Å². The average molecular weight is 231 g/mol. The van der Waals surface area contributed by atoms with Crippen molar-refractivity contribution in [3.8, 4) is 0 Å². The Labute approximate surface area is 105 Å². The quantitative estimate of drug-likeness (QED) is 0.784. The molecule has 94 valence electrons. The Morgan fingerprint density at radius 2 is 1.65 bits per heavy atom.